The number of fused-ring (bicyclic) bond motifs is 1. The largest absolute Gasteiger partial charge is 0.476 e. The zero-order valence-corrected chi connectivity index (χ0v) is 15.9. The number of aryl methyl sites for hydroxylation is 1. The Morgan fingerprint density at radius 1 is 1.13 bits per heavy atom. The molecule has 0 aliphatic rings. The molecule has 0 saturated carbocycles. The van der Waals surface area contributed by atoms with Crippen molar-refractivity contribution in [1.29, 1.82) is 0 Å². The number of amides is 1. The number of carbonyl (C=O) groups excluding carboxylic acids is 1. The highest BCUT2D eigenvalue weighted by Crippen LogP contribution is 2.37. The van der Waals surface area contributed by atoms with Crippen molar-refractivity contribution in [3.63, 3.8) is 0 Å². The average molecular weight is 429 g/mol. The SMILES string of the molecule is Cn1nc(C(=O)O)cc1C(=O)Nc1ccc2cc(-c3ccccc3C(F)(F)F)[nH]c2n1. The van der Waals surface area contributed by atoms with Crippen LogP contribution in [0.1, 0.15) is 26.5 Å². The molecule has 0 radical (unpaired) electrons. The highest BCUT2D eigenvalue weighted by atomic mass is 19.4. The van der Waals surface area contributed by atoms with Gasteiger partial charge in [-0.3, -0.25) is 9.48 Å². The number of carboxylic acids is 1. The summed E-state index contributed by atoms with van der Waals surface area (Å²) in [5.74, 6) is -1.77. The number of nitrogens with one attached hydrogen (secondary N) is 2. The van der Waals surface area contributed by atoms with Crippen LogP contribution in [-0.2, 0) is 13.2 Å². The smallest absolute Gasteiger partial charge is 0.417 e. The van der Waals surface area contributed by atoms with E-state index in [0.29, 0.717) is 5.39 Å². The highest BCUT2D eigenvalue weighted by Gasteiger charge is 2.33. The molecule has 0 atom stereocenters. The molecule has 0 aliphatic heterocycles. The van der Waals surface area contributed by atoms with Crippen molar-refractivity contribution in [2.24, 2.45) is 7.05 Å². The number of aromatic nitrogens is 4. The molecule has 1 aromatic carbocycles. The van der Waals surface area contributed by atoms with Crippen molar-refractivity contribution in [3.8, 4) is 11.3 Å². The molecule has 158 valence electrons. The summed E-state index contributed by atoms with van der Waals surface area (Å²) in [5.41, 5.74) is -0.563. The normalized spacial score (nSPS) is 11.6. The van der Waals surface area contributed by atoms with Crippen LogP contribution in [0.25, 0.3) is 22.3 Å². The summed E-state index contributed by atoms with van der Waals surface area (Å²) >= 11 is 0. The number of nitrogens with zero attached hydrogens (tertiary/aromatic N) is 3. The maximum absolute atomic E-state index is 13.3. The molecular weight excluding hydrogens is 415 g/mol. The van der Waals surface area contributed by atoms with Gasteiger partial charge in [0.15, 0.2) is 5.69 Å². The van der Waals surface area contributed by atoms with Gasteiger partial charge in [-0.05, 0) is 24.3 Å². The fraction of sp³-hybridized carbons (Fsp3) is 0.100. The van der Waals surface area contributed by atoms with E-state index in [4.69, 9.17) is 5.11 Å². The maximum atomic E-state index is 13.3. The first-order valence-electron chi connectivity index (χ1n) is 8.88. The van der Waals surface area contributed by atoms with Gasteiger partial charge in [0.2, 0.25) is 0 Å². The first-order valence-corrected chi connectivity index (χ1v) is 8.88. The van der Waals surface area contributed by atoms with Crippen molar-refractivity contribution in [1.82, 2.24) is 19.7 Å². The molecule has 0 bridgehead atoms. The number of carboxylic acid groups (broad SMARTS) is 1. The third-order valence-corrected chi connectivity index (χ3v) is 4.58. The molecule has 4 aromatic rings. The monoisotopic (exact) mass is 429 g/mol. The Morgan fingerprint density at radius 2 is 1.87 bits per heavy atom. The second kappa shape index (κ2) is 7.27. The number of halogens is 3. The lowest BCUT2D eigenvalue weighted by Crippen LogP contribution is -2.16. The van der Waals surface area contributed by atoms with Crippen molar-refractivity contribution in [2.45, 2.75) is 6.18 Å². The van der Waals surface area contributed by atoms with Crippen molar-refractivity contribution in [3.05, 3.63) is 65.5 Å². The standard InChI is InChI=1S/C20H14F3N5O3/c1-28-15(9-14(27-28)19(30)31)18(29)26-16-7-6-10-8-13(24-17(10)25-16)11-4-2-3-5-12(11)20(21,22)23/h2-9H,1H3,(H,30,31)(H2,24,25,26,29). The highest BCUT2D eigenvalue weighted by molar-refractivity contribution is 6.04. The Hall–Kier alpha value is -4.15. The summed E-state index contributed by atoms with van der Waals surface area (Å²) in [7, 11) is 1.42. The average Bonchev–Trinajstić information content (AvgIpc) is 3.30. The van der Waals surface area contributed by atoms with Gasteiger partial charge in [-0.25, -0.2) is 9.78 Å². The predicted molar refractivity (Wildman–Crippen MR) is 105 cm³/mol. The summed E-state index contributed by atoms with van der Waals surface area (Å²) in [5, 5.41) is 15.8. The van der Waals surface area contributed by atoms with E-state index in [2.05, 4.69) is 20.4 Å². The first kappa shape index (κ1) is 20.1. The van der Waals surface area contributed by atoms with Crippen molar-refractivity contribution < 1.29 is 27.9 Å². The molecule has 0 saturated heterocycles. The topological polar surface area (TPSA) is 113 Å². The Kier molecular flexibility index (Phi) is 4.72. The summed E-state index contributed by atoms with van der Waals surface area (Å²) in [6.45, 7) is 0. The van der Waals surface area contributed by atoms with Gasteiger partial charge in [-0.2, -0.15) is 18.3 Å². The van der Waals surface area contributed by atoms with Crippen LogP contribution in [0.5, 0.6) is 0 Å². The molecule has 3 N–H and O–H groups in total. The first-order chi connectivity index (χ1) is 14.6. The van der Waals surface area contributed by atoms with E-state index >= 15 is 0 Å². The number of alkyl halides is 3. The second-order valence-corrected chi connectivity index (χ2v) is 6.66. The molecule has 31 heavy (non-hydrogen) atoms. The Balaban J connectivity index is 1.65. The van der Waals surface area contributed by atoms with Crippen LogP contribution in [-0.4, -0.2) is 36.7 Å². The van der Waals surface area contributed by atoms with Gasteiger partial charge >= 0.3 is 12.1 Å². The molecular formula is C20H14F3N5O3. The minimum Gasteiger partial charge on any atom is -0.476 e. The van der Waals surface area contributed by atoms with E-state index in [9.17, 15) is 22.8 Å². The van der Waals surface area contributed by atoms with Gasteiger partial charge in [0.1, 0.15) is 17.2 Å². The molecule has 0 spiro atoms. The van der Waals surface area contributed by atoms with E-state index in [1.807, 2.05) is 0 Å². The second-order valence-electron chi connectivity index (χ2n) is 6.66. The quantitative estimate of drug-likeness (QED) is 0.455. The van der Waals surface area contributed by atoms with Gasteiger partial charge in [0.25, 0.3) is 5.91 Å². The summed E-state index contributed by atoms with van der Waals surface area (Å²) in [6, 6.07) is 10.9. The van der Waals surface area contributed by atoms with Gasteiger partial charge in [-0.1, -0.05) is 18.2 Å². The van der Waals surface area contributed by atoms with Crippen molar-refractivity contribution >= 4 is 28.7 Å². The Morgan fingerprint density at radius 3 is 2.55 bits per heavy atom. The molecule has 1 amide bonds. The zero-order chi connectivity index (χ0) is 22.3. The van der Waals surface area contributed by atoms with E-state index in [1.165, 1.54) is 31.3 Å². The number of anilines is 1. The minimum absolute atomic E-state index is 0.00516. The fourth-order valence-corrected chi connectivity index (χ4v) is 3.15. The number of hydrogen-bond donors (Lipinski definition) is 3. The van der Waals surface area contributed by atoms with Gasteiger partial charge < -0.3 is 15.4 Å². The molecule has 0 fully saturated rings. The number of rotatable bonds is 4. The lowest BCUT2D eigenvalue weighted by atomic mass is 10.0. The molecule has 3 heterocycles. The predicted octanol–water partition coefficient (Wildman–Crippen LogP) is 3.93. The number of aromatic carboxylic acids is 1. The number of hydrogen-bond acceptors (Lipinski definition) is 4. The maximum Gasteiger partial charge on any atom is 0.417 e. The van der Waals surface area contributed by atoms with Gasteiger partial charge in [0, 0.05) is 29.8 Å². The summed E-state index contributed by atoms with van der Waals surface area (Å²) < 4.78 is 41.1. The lowest BCUT2D eigenvalue weighted by molar-refractivity contribution is -0.137. The minimum atomic E-state index is -4.52. The number of benzene rings is 1. The molecule has 8 nitrogen and oxygen atoms in total. The van der Waals surface area contributed by atoms with Crippen LogP contribution < -0.4 is 5.32 Å². The lowest BCUT2D eigenvalue weighted by Gasteiger charge is -2.11. The van der Waals surface area contributed by atoms with Crippen molar-refractivity contribution in [2.75, 3.05) is 5.32 Å². The number of H-pyrrole nitrogens is 1. The Labute approximate surface area is 172 Å². The van der Waals surface area contributed by atoms with Crippen LogP contribution in [0, 0.1) is 0 Å². The summed E-state index contributed by atoms with van der Waals surface area (Å²) in [6.07, 6.45) is -4.52. The Bertz CT molecular complexity index is 1320. The van der Waals surface area contributed by atoms with Crippen LogP contribution in [0.3, 0.4) is 0 Å². The third kappa shape index (κ3) is 3.84. The van der Waals surface area contributed by atoms with Gasteiger partial charge in [0.05, 0.1) is 5.56 Å². The molecule has 4 rings (SSSR count). The fourth-order valence-electron chi connectivity index (χ4n) is 3.15. The molecule has 11 heteroatoms. The van der Waals surface area contributed by atoms with Crippen LogP contribution in [0.4, 0.5) is 19.0 Å². The van der Waals surface area contributed by atoms with Gasteiger partial charge in [-0.15, -0.1) is 0 Å². The van der Waals surface area contributed by atoms with E-state index in [0.717, 1.165) is 16.8 Å². The summed E-state index contributed by atoms with van der Waals surface area (Å²) in [4.78, 5) is 30.5. The number of carbonyl (C=O) groups is 2. The van der Waals surface area contributed by atoms with E-state index in [1.54, 1.807) is 12.1 Å². The molecule has 0 unspecified atom stereocenters. The van der Waals surface area contributed by atoms with Crippen LogP contribution >= 0.6 is 0 Å². The number of pyridine rings is 1. The number of aromatic amines is 1. The molecule has 3 aromatic heterocycles. The van der Waals surface area contributed by atoms with Crippen LogP contribution in [0.2, 0.25) is 0 Å². The third-order valence-electron chi connectivity index (χ3n) is 4.58. The van der Waals surface area contributed by atoms with E-state index in [-0.39, 0.29) is 34.1 Å². The van der Waals surface area contributed by atoms with E-state index < -0.39 is 23.6 Å². The van der Waals surface area contributed by atoms with Crippen LogP contribution in [0.15, 0.2) is 48.5 Å². The molecule has 0 aliphatic carbocycles. The zero-order valence-electron chi connectivity index (χ0n) is 15.9.